The third-order valence-corrected chi connectivity index (χ3v) is 4.12. The van der Waals surface area contributed by atoms with Crippen molar-refractivity contribution in [1.29, 1.82) is 0 Å². The van der Waals surface area contributed by atoms with E-state index < -0.39 is 0 Å². The van der Waals surface area contributed by atoms with E-state index in [1.165, 1.54) is 37.1 Å². The molecule has 0 radical (unpaired) electrons. The molecule has 1 aliphatic rings. The van der Waals surface area contributed by atoms with Crippen LogP contribution >= 0.6 is 0 Å². The minimum absolute atomic E-state index is 0.568. The van der Waals surface area contributed by atoms with Gasteiger partial charge in [0.25, 0.3) is 0 Å². The van der Waals surface area contributed by atoms with E-state index in [4.69, 9.17) is 0 Å². The molecule has 0 aromatic heterocycles. The maximum absolute atomic E-state index is 3.46. The Balaban J connectivity index is 2.17. The summed E-state index contributed by atoms with van der Waals surface area (Å²) in [7, 11) is 4.42. The predicted octanol–water partition coefficient (Wildman–Crippen LogP) is 2.85. The number of nitrogens with one attached hydrogen (secondary N) is 1. The van der Waals surface area contributed by atoms with Crippen molar-refractivity contribution < 1.29 is 0 Å². The molecule has 1 saturated heterocycles. The lowest BCUT2D eigenvalue weighted by Crippen LogP contribution is -2.35. The zero-order valence-electron chi connectivity index (χ0n) is 11.9. The molecule has 1 aliphatic heterocycles. The number of rotatable bonds is 4. The number of hydrogen-bond donors (Lipinski definition) is 1. The molecule has 2 nitrogen and oxygen atoms in total. The minimum atomic E-state index is 0.568. The summed E-state index contributed by atoms with van der Waals surface area (Å²) >= 11 is 0. The maximum atomic E-state index is 3.46. The Morgan fingerprint density at radius 3 is 2.28 bits per heavy atom. The van der Waals surface area contributed by atoms with Gasteiger partial charge in [0.1, 0.15) is 0 Å². The second kappa shape index (κ2) is 6.35. The fourth-order valence-electron chi connectivity index (χ4n) is 3.10. The molecule has 2 heteroatoms. The Kier molecular flexibility index (Phi) is 4.79. The smallest absolute Gasteiger partial charge is 0.0371 e. The molecule has 0 saturated carbocycles. The van der Waals surface area contributed by atoms with Crippen LogP contribution in [0.5, 0.6) is 0 Å². The zero-order valence-corrected chi connectivity index (χ0v) is 11.9. The summed E-state index contributed by atoms with van der Waals surface area (Å²) in [5.74, 6) is 0.786. The van der Waals surface area contributed by atoms with Crippen LogP contribution in [0.1, 0.15) is 36.9 Å². The van der Waals surface area contributed by atoms with E-state index >= 15 is 0 Å². The topological polar surface area (TPSA) is 15.3 Å². The molecular formula is C16H26N2. The molecule has 0 spiro atoms. The summed E-state index contributed by atoms with van der Waals surface area (Å²) in [6, 6.07) is 9.79. The normalized spacial score (nSPS) is 19.1. The van der Waals surface area contributed by atoms with Crippen LogP contribution in [0.3, 0.4) is 0 Å². The lowest BCUT2D eigenvalue weighted by Gasteiger charge is -2.35. The highest BCUT2D eigenvalue weighted by Gasteiger charge is 2.26. The second-order valence-corrected chi connectivity index (χ2v) is 5.59. The van der Waals surface area contributed by atoms with Crippen LogP contribution in [0.15, 0.2) is 24.3 Å². The molecule has 1 aromatic carbocycles. The third-order valence-electron chi connectivity index (χ3n) is 4.12. The number of hydrogen-bond acceptors (Lipinski definition) is 2. The fourth-order valence-corrected chi connectivity index (χ4v) is 3.10. The second-order valence-electron chi connectivity index (χ2n) is 5.59. The first-order chi connectivity index (χ1) is 8.72. The minimum Gasteiger partial charge on any atom is -0.317 e. The average Bonchev–Trinajstić information content (AvgIpc) is 2.40. The monoisotopic (exact) mass is 246 g/mol. The molecule has 1 aromatic rings. The largest absolute Gasteiger partial charge is 0.317 e. The molecular weight excluding hydrogens is 220 g/mol. The third kappa shape index (κ3) is 3.12. The summed E-state index contributed by atoms with van der Waals surface area (Å²) in [5.41, 5.74) is 2.91. The zero-order chi connectivity index (χ0) is 13.0. The van der Waals surface area contributed by atoms with E-state index in [1.54, 1.807) is 0 Å². The first-order valence-corrected chi connectivity index (χ1v) is 7.18. The van der Waals surface area contributed by atoms with Gasteiger partial charge in [-0.3, -0.25) is 0 Å². The molecule has 0 bridgehead atoms. The van der Waals surface area contributed by atoms with Crippen LogP contribution in [-0.2, 0) is 6.42 Å². The van der Waals surface area contributed by atoms with Crippen molar-refractivity contribution in [3.8, 4) is 0 Å². The predicted molar refractivity (Wildman–Crippen MR) is 77.8 cm³/mol. The summed E-state index contributed by atoms with van der Waals surface area (Å²) in [5, 5.41) is 3.46. The summed E-state index contributed by atoms with van der Waals surface area (Å²) in [4.78, 5) is 2.39. The van der Waals surface area contributed by atoms with Gasteiger partial charge in [-0.25, -0.2) is 0 Å². The van der Waals surface area contributed by atoms with Crippen LogP contribution in [0, 0.1) is 5.92 Å². The number of aryl methyl sites for hydroxylation is 1. The highest BCUT2D eigenvalue weighted by Crippen LogP contribution is 2.32. The quantitative estimate of drug-likeness (QED) is 0.879. The van der Waals surface area contributed by atoms with Gasteiger partial charge < -0.3 is 10.2 Å². The Morgan fingerprint density at radius 2 is 1.78 bits per heavy atom. The Morgan fingerprint density at radius 1 is 1.17 bits per heavy atom. The highest BCUT2D eigenvalue weighted by molar-refractivity contribution is 5.25. The van der Waals surface area contributed by atoms with E-state index in [2.05, 4.69) is 55.5 Å². The van der Waals surface area contributed by atoms with Crippen molar-refractivity contribution in [2.24, 2.45) is 5.92 Å². The van der Waals surface area contributed by atoms with Gasteiger partial charge in [-0.2, -0.15) is 0 Å². The van der Waals surface area contributed by atoms with Gasteiger partial charge in [-0.05, 0) is 63.5 Å². The Labute approximate surface area is 111 Å². The van der Waals surface area contributed by atoms with E-state index in [0.29, 0.717) is 6.04 Å². The molecule has 1 N–H and O–H groups in total. The van der Waals surface area contributed by atoms with Gasteiger partial charge in [0.2, 0.25) is 0 Å². The van der Waals surface area contributed by atoms with Crippen LogP contribution in [0.25, 0.3) is 0 Å². The van der Waals surface area contributed by atoms with Crippen molar-refractivity contribution in [1.82, 2.24) is 10.2 Å². The molecule has 100 valence electrons. The van der Waals surface area contributed by atoms with Gasteiger partial charge >= 0.3 is 0 Å². The van der Waals surface area contributed by atoms with Gasteiger partial charge in [-0.1, -0.05) is 31.2 Å². The Bertz CT molecular complexity index is 350. The molecule has 1 atom stereocenters. The summed E-state index contributed by atoms with van der Waals surface area (Å²) in [6.45, 7) is 4.55. The highest BCUT2D eigenvalue weighted by atomic mass is 15.1. The molecule has 1 heterocycles. The van der Waals surface area contributed by atoms with E-state index in [1.807, 2.05) is 0 Å². The number of benzene rings is 1. The lowest BCUT2D eigenvalue weighted by atomic mass is 9.85. The first-order valence-electron chi connectivity index (χ1n) is 7.18. The van der Waals surface area contributed by atoms with Crippen molar-refractivity contribution in [2.75, 3.05) is 27.2 Å². The first kappa shape index (κ1) is 13.6. The lowest BCUT2D eigenvalue weighted by molar-refractivity contribution is 0.177. The average molecular weight is 246 g/mol. The van der Waals surface area contributed by atoms with Crippen molar-refractivity contribution in [3.63, 3.8) is 0 Å². The summed E-state index contributed by atoms with van der Waals surface area (Å²) < 4.78 is 0. The van der Waals surface area contributed by atoms with E-state index in [0.717, 1.165) is 12.3 Å². The number of piperidine rings is 1. The van der Waals surface area contributed by atoms with Crippen LogP contribution in [0.2, 0.25) is 0 Å². The molecule has 1 fully saturated rings. The van der Waals surface area contributed by atoms with Crippen LogP contribution in [-0.4, -0.2) is 32.1 Å². The molecule has 1 unspecified atom stereocenters. The van der Waals surface area contributed by atoms with Gasteiger partial charge in [0, 0.05) is 6.04 Å². The SMILES string of the molecule is CCc1ccc(C(C2CCNCC2)N(C)C)cc1. The van der Waals surface area contributed by atoms with Crippen LogP contribution < -0.4 is 5.32 Å². The molecule has 0 aliphatic carbocycles. The van der Waals surface area contributed by atoms with Gasteiger partial charge in [0.05, 0.1) is 0 Å². The van der Waals surface area contributed by atoms with Gasteiger partial charge in [-0.15, -0.1) is 0 Å². The van der Waals surface area contributed by atoms with E-state index in [9.17, 15) is 0 Å². The summed E-state index contributed by atoms with van der Waals surface area (Å²) in [6.07, 6.45) is 3.71. The maximum Gasteiger partial charge on any atom is 0.0371 e. The van der Waals surface area contributed by atoms with Crippen LogP contribution in [0.4, 0.5) is 0 Å². The van der Waals surface area contributed by atoms with Crippen molar-refractivity contribution in [3.05, 3.63) is 35.4 Å². The van der Waals surface area contributed by atoms with E-state index in [-0.39, 0.29) is 0 Å². The van der Waals surface area contributed by atoms with Crippen molar-refractivity contribution >= 4 is 0 Å². The fraction of sp³-hybridized carbons (Fsp3) is 0.625. The standard InChI is InChI=1S/C16H26N2/c1-4-13-5-7-14(8-6-13)16(18(2)3)15-9-11-17-12-10-15/h5-8,15-17H,4,9-12H2,1-3H3. The molecule has 2 rings (SSSR count). The Hall–Kier alpha value is -0.860. The molecule has 18 heavy (non-hydrogen) atoms. The number of nitrogens with zero attached hydrogens (tertiary/aromatic N) is 1. The van der Waals surface area contributed by atoms with Crippen molar-refractivity contribution in [2.45, 2.75) is 32.2 Å². The molecule has 0 amide bonds. The van der Waals surface area contributed by atoms with Gasteiger partial charge in [0.15, 0.2) is 0 Å².